The number of hydrogen-bond acceptors (Lipinski definition) is 2. The fourth-order valence-corrected chi connectivity index (χ4v) is 2.08. The number of rotatable bonds is 6. The van der Waals surface area contributed by atoms with Crippen molar-refractivity contribution in [1.82, 2.24) is 4.90 Å². The zero-order valence-corrected chi connectivity index (χ0v) is 12.6. The van der Waals surface area contributed by atoms with Gasteiger partial charge in [-0.05, 0) is 38.0 Å². The van der Waals surface area contributed by atoms with Gasteiger partial charge in [0.1, 0.15) is 5.75 Å². The summed E-state index contributed by atoms with van der Waals surface area (Å²) in [5, 5.41) is 10.3. The molecule has 1 rings (SSSR count). The molecule has 1 unspecified atom stereocenters. The zero-order valence-electron chi connectivity index (χ0n) is 11.8. The Morgan fingerprint density at radius 3 is 2.68 bits per heavy atom. The summed E-state index contributed by atoms with van der Waals surface area (Å²) in [6.45, 7) is 6.87. The summed E-state index contributed by atoms with van der Waals surface area (Å²) in [4.78, 5) is 14.3. The van der Waals surface area contributed by atoms with Gasteiger partial charge in [-0.15, -0.1) is 0 Å². The van der Waals surface area contributed by atoms with E-state index in [0.29, 0.717) is 11.6 Å². The van der Waals surface area contributed by atoms with Gasteiger partial charge < -0.3 is 10.0 Å². The van der Waals surface area contributed by atoms with Gasteiger partial charge in [0.15, 0.2) is 0 Å². The standard InChI is InChI=1S/C15H22ClNO2/c1-4-6-9-17(11(3)5-2)15(19)13-10-12(16)7-8-14(13)18/h7-8,10-11,18H,4-6,9H2,1-3H3. The van der Waals surface area contributed by atoms with Crippen LogP contribution in [0.1, 0.15) is 50.4 Å². The first-order valence-electron chi connectivity index (χ1n) is 6.80. The largest absolute Gasteiger partial charge is 0.507 e. The number of phenols is 1. The van der Waals surface area contributed by atoms with Gasteiger partial charge in [-0.2, -0.15) is 0 Å². The smallest absolute Gasteiger partial charge is 0.257 e. The highest BCUT2D eigenvalue weighted by molar-refractivity contribution is 6.31. The van der Waals surface area contributed by atoms with Crippen LogP contribution in [0.5, 0.6) is 5.75 Å². The number of aromatic hydroxyl groups is 1. The molecule has 0 saturated carbocycles. The van der Waals surface area contributed by atoms with Crippen LogP contribution in [-0.2, 0) is 0 Å². The second-order valence-electron chi connectivity index (χ2n) is 4.77. The van der Waals surface area contributed by atoms with E-state index in [0.717, 1.165) is 19.3 Å². The Labute approximate surface area is 120 Å². The summed E-state index contributed by atoms with van der Waals surface area (Å²) in [5.41, 5.74) is 0.281. The maximum atomic E-state index is 12.5. The lowest BCUT2D eigenvalue weighted by Gasteiger charge is -2.29. The maximum absolute atomic E-state index is 12.5. The van der Waals surface area contributed by atoms with Crippen molar-refractivity contribution in [3.63, 3.8) is 0 Å². The van der Waals surface area contributed by atoms with E-state index in [2.05, 4.69) is 13.8 Å². The summed E-state index contributed by atoms with van der Waals surface area (Å²) in [7, 11) is 0. The first-order chi connectivity index (χ1) is 9.01. The molecule has 1 aromatic rings. The summed E-state index contributed by atoms with van der Waals surface area (Å²) in [6.07, 6.45) is 2.87. The number of unbranched alkanes of at least 4 members (excludes halogenated alkanes) is 1. The fraction of sp³-hybridized carbons (Fsp3) is 0.533. The van der Waals surface area contributed by atoms with E-state index in [1.54, 1.807) is 6.07 Å². The molecule has 0 aliphatic carbocycles. The molecule has 1 N–H and O–H groups in total. The zero-order chi connectivity index (χ0) is 14.4. The highest BCUT2D eigenvalue weighted by Gasteiger charge is 2.22. The normalized spacial score (nSPS) is 12.2. The van der Waals surface area contributed by atoms with E-state index in [4.69, 9.17) is 11.6 Å². The third-order valence-corrected chi connectivity index (χ3v) is 3.56. The van der Waals surface area contributed by atoms with E-state index in [-0.39, 0.29) is 23.3 Å². The van der Waals surface area contributed by atoms with Crippen molar-refractivity contribution < 1.29 is 9.90 Å². The average molecular weight is 284 g/mol. The second kappa shape index (κ2) is 7.39. The SMILES string of the molecule is CCCCN(C(=O)c1cc(Cl)ccc1O)C(C)CC. The van der Waals surface area contributed by atoms with E-state index in [1.807, 2.05) is 11.8 Å². The third-order valence-electron chi connectivity index (χ3n) is 3.33. The van der Waals surface area contributed by atoms with Crippen LogP contribution in [0.3, 0.4) is 0 Å². The molecule has 0 aliphatic heterocycles. The molecule has 0 aromatic heterocycles. The van der Waals surface area contributed by atoms with E-state index < -0.39 is 0 Å². The second-order valence-corrected chi connectivity index (χ2v) is 5.21. The number of carbonyl (C=O) groups is 1. The molecule has 0 fully saturated rings. The lowest BCUT2D eigenvalue weighted by atomic mass is 10.1. The Balaban J connectivity index is 3.00. The molecule has 19 heavy (non-hydrogen) atoms. The van der Waals surface area contributed by atoms with Crippen LogP contribution in [0, 0.1) is 0 Å². The van der Waals surface area contributed by atoms with Crippen molar-refractivity contribution in [1.29, 1.82) is 0 Å². The van der Waals surface area contributed by atoms with Gasteiger partial charge >= 0.3 is 0 Å². The Hall–Kier alpha value is -1.22. The minimum atomic E-state index is -0.150. The van der Waals surface area contributed by atoms with Crippen molar-refractivity contribution in [2.24, 2.45) is 0 Å². The summed E-state index contributed by atoms with van der Waals surface area (Å²) in [6, 6.07) is 4.72. The Bertz CT molecular complexity index is 434. The van der Waals surface area contributed by atoms with E-state index in [9.17, 15) is 9.90 Å². The van der Waals surface area contributed by atoms with E-state index >= 15 is 0 Å². The van der Waals surface area contributed by atoms with Crippen LogP contribution >= 0.6 is 11.6 Å². The summed E-state index contributed by atoms with van der Waals surface area (Å²) in [5.74, 6) is -0.165. The van der Waals surface area contributed by atoms with Crippen LogP contribution in [0.15, 0.2) is 18.2 Å². The Morgan fingerprint density at radius 2 is 2.11 bits per heavy atom. The van der Waals surface area contributed by atoms with Crippen molar-refractivity contribution in [2.75, 3.05) is 6.54 Å². The minimum Gasteiger partial charge on any atom is -0.507 e. The van der Waals surface area contributed by atoms with Gasteiger partial charge in [-0.25, -0.2) is 0 Å². The molecule has 1 aromatic carbocycles. The molecule has 1 atom stereocenters. The molecular formula is C15H22ClNO2. The van der Waals surface area contributed by atoms with Gasteiger partial charge in [0.2, 0.25) is 0 Å². The van der Waals surface area contributed by atoms with Gasteiger partial charge in [0.25, 0.3) is 5.91 Å². The molecule has 0 spiro atoms. The molecule has 0 heterocycles. The molecule has 3 nitrogen and oxygen atoms in total. The van der Waals surface area contributed by atoms with Crippen molar-refractivity contribution in [2.45, 2.75) is 46.1 Å². The predicted molar refractivity (Wildman–Crippen MR) is 78.8 cm³/mol. The molecule has 0 radical (unpaired) electrons. The maximum Gasteiger partial charge on any atom is 0.257 e. The highest BCUT2D eigenvalue weighted by atomic mass is 35.5. The Morgan fingerprint density at radius 1 is 1.42 bits per heavy atom. The van der Waals surface area contributed by atoms with Gasteiger partial charge in [0, 0.05) is 17.6 Å². The topological polar surface area (TPSA) is 40.5 Å². The summed E-state index contributed by atoms with van der Waals surface area (Å²) >= 11 is 5.90. The third kappa shape index (κ3) is 4.13. The van der Waals surface area contributed by atoms with Crippen LogP contribution < -0.4 is 0 Å². The van der Waals surface area contributed by atoms with Gasteiger partial charge in [0.05, 0.1) is 5.56 Å². The fourth-order valence-electron chi connectivity index (χ4n) is 1.91. The molecule has 0 saturated heterocycles. The van der Waals surface area contributed by atoms with Crippen LogP contribution in [-0.4, -0.2) is 28.5 Å². The first-order valence-corrected chi connectivity index (χ1v) is 7.18. The van der Waals surface area contributed by atoms with Gasteiger partial charge in [-0.3, -0.25) is 4.79 Å². The molecule has 1 amide bonds. The first kappa shape index (κ1) is 15.8. The van der Waals surface area contributed by atoms with Crippen LogP contribution in [0.2, 0.25) is 5.02 Å². The number of benzene rings is 1. The number of carbonyl (C=O) groups excluding carboxylic acids is 1. The van der Waals surface area contributed by atoms with E-state index in [1.165, 1.54) is 12.1 Å². The number of halogens is 1. The number of hydrogen-bond donors (Lipinski definition) is 1. The van der Waals surface area contributed by atoms with Crippen molar-refractivity contribution >= 4 is 17.5 Å². The minimum absolute atomic E-state index is 0.0146. The lowest BCUT2D eigenvalue weighted by Crippen LogP contribution is -2.39. The summed E-state index contributed by atoms with van der Waals surface area (Å²) < 4.78 is 0. The number of phenolic OH excluding ortho intramolecular Hbond substituents is 1. The number of nitrogens with zero attached hydrogens (tertiary/aromatic N) is 1. The monoisotopic (exact) mass is 283 g/mol. The van der Waals surface area contributed by atoms with Crippen molar-refractivity contribution in [3.8, 4) is 5.75 Å². The quantitative estimate of drug-likeness (QED) is 0.854. The van der Waals surface area contributed by atoms with Crippen LogP contribution in [0.25, 0.3) is 0 Å². The molecular weight excluding hydrogens is 262 g/mol. The molecule has 4 heteroatoms. The molecule has 0 aliphatic rings. The lowest BCUT2D eigenvalue weighted by molar-refractivity contribution is 0.0682. The van der Waals surface area contributed by atoms with Gasteiger partial charge in [-0.1, -0.05) is 31.9 Å². The van der Waals surface area contributed by atoms with Crippen molar-refractivity contribution in [3.05, 3.63) is 28.8 Å². The Kier molecular flexibility index (Phi) is 6.16. The predicted octanol–water partition coefficient (Wildman–Crippen LogP) is 4.09. The van der Waals surface area contributed by atoms with Crippen LogP contribution in [0.4, 0.5) is 0 Å². The average Bonchev–Trinajstić information content (AvgIpc) is 2.41. The number of amides is 1. The molecule has 0 bridgehead atoms. The highest BCUT2D eigenvalue weighted by Crippen LogP contribution is 2.24. The molecule has 106 valence electrons.